The Morgan fingerprint density at radius 3 is 2.22 bits per heavy atom. The molecule has 1 heterocycles. The Hall–Kier alpha value is -0.700. The van der Waals surface area contributed by atoms with Crippen LogP contribution in [0.25, 0.3) is 0 Å². The molecule has 0 aliphatic carbocycles. The van der Waals surface area contributed by atoms with Gasteiger partial charge in [0.25, 0.3) is 5.56 Å². The summed E-state index contributed by atoms with van der Waals surface area (Å²) in [5.74, 6) is 0. The van der Waals surface area contributed by atoms with E-state index in [9.17, 15) is 9.59 Å². The maximum Gasteiger partial charge on any atom is 0.339 e. The molecule has 0 saturated carbocycles. The maximum atomic E-state index is 11.4. The van der Waals surface area contributed by atoms with Gasteiger partial charge in [0.2, 0.25) is 0 Å². The van der Waals surface area contributed by atoms with Crippen molar-refractivity contribution in [3.63, 3.8) is 0 Å². The highest BCUT2D eigenvalue weighted by atomic mass is 32.2. The molecule has 0 aliphatic heterocycles. The molecule has 2 rings (SSSR count). The number of H-pyrrole nitrogens is 1. The monoisotopic (exact) mass is 316 g/mol. The minimum Gasteiger partial charge on any atom is -0.301 e. The minimum absolute atomic E-state index is 0.446. The maximum absolute atomic E-state index is 11.4. The van der Waals surface area contributed by atoms with Crippen LogP contribution in [0.4, 0.5) is 0 Å². The first kappa shape index (κ1) is 13.7. The summed E-state index contributed by atoms with van der Waals surface area (Å²) in [6, 6.07) is 6.74. The zero-order chi connectivity index (χ0) is 13.3. The van der Waals surface area contributed by atoms with Gasteiger partial charge in [0, 0.05) is 20.8 Å². The molecule has 4 nitrogen and oxygen atoms in total. The van der Waals surface area contributed by atoms with E-state index in [0.29, 0.717) is 9.00 Å². The third kappa shape index (κ3) is 3.19. The van der Waals surface area contributed by atoms with E-state index in [1.165, 1.54) is 17.8 Å². The molecule has 0 bridgehead atoms. The van der Waals surface area contributed by atoms with E-state index in [2.05, 4.69) is 43.1 Å². The van der Waals surface area contributed by atoms with Gasteiger partial charge in [-0.05, 0) is 18.2 Å². The lowest BCUT2D eigenvalue weighted by Crippen LogP contribution is -2.28. The van der Waals surface area contributed by atoms with Gasteiger partial charge in [-0.25, -0.2) is 8.77 Å². The Bertz CT molecular complexity index is 656. The van der Waals surface area contributed by atoms with Gasteiger partial charge in [0.15, 0.2) is 0 Å². The summed E-state index contributed by atoms with van der Waals surface area (Å²) in [5, 5.41) is 0.446. The lowest BCUT2D eigenvalue weighted by Gasteiger charge is -2.04. The van der Waals surface area contributed by atoms with Gasteiger partial charge in [-0.2, -0.15) is 0 Å². The molecule has 0 saturated heterocycles. The first-order chi connectivity index (χ1) is 8.45. The lowest BCUT2D eigenvalue weighted by atomic mass is 10.4. The molecule has 1 N–H and O–H groups in total. The lowest BCUT2D eigenvalue weighted by molar-refractivity contribution is 0.914. The highest BCUT2D eigenvalue weighted by Crippen LogP contribution is 2.28. The molecule has 0 radical (unpaired) electrons. The van der Waals surface area contributed by atoms with E-state index in [1.54, 1.807) is 6.07 Å². The van der Waals surface area contributed by atoms with Crippen molar-refractivity contribution in [1.29, 1.82) is 0 Å². The van der Waals surface area contributed by atoms with Crippen LogP contribution in [0.5, 0.6) is 0 Å². The summed E-state index contributed by atoms with van der Waals surface area (Å²) < 4.78 is 0.711. The van der Waals surface area contributed by atoms with Crippen molar-refractivity contribution in [3.05, 3.63) is 45.1 Å². The number of aromatic amines is 1. The number of benzene rings is 1. The molecule has 0 atom stereocenters. The van der Waals surface area contributed by atoms with Crippen LogP contribution in [0.3, 0.4) is 0 Å². The van der Waals surface area contributed by atoms with Gasteiger partial charge >= 0.3 is 5.69 Å². The second-order valence-corrected chi connectivity index (χ2v) is 5.92. The molecule has 1 aromatic heterocycles. The number of nitrogens with one attached hydrogen (secondary N) is 1. The molecule has 0 amide bonds. The first-order valence-corrected chi connectivity index (χ1v) is 6.83. The Balaban J connectivity index is 2.40. The van der Waals surface area contributed by atoms with Crippen LogP contribution in [-0.2, 0) is 0 Å². The number of aromatic nitrogens is 2. The van der Waals surface area contributed by atoms with Crippen LogP contribution in [-0.4, -0.2) is 8.96 Å². The number of hydrogen-bond acceptors (Lipinski definition) is 6. The third-order valence-electron chi connectivity index (χ3n) is 1.99. The number of hydrogen-bond donors (Lipinski definition) is 4. The Kier molecular flexibility index (Phi) is 4.21. The predicted octanol–water partition coefficient (Wildman–Crippen LogP) is 1.96. The van der Waals surface area contributed by atoms with Crippen molar-refractivity contribution in [2.45, 2.75) is 19.7 Å². The van der Waals surface area contributed by atoms with Crippen LogP contribution >= 0.6 is 49.8 Å². The van der Waals surface area contributed by atoms with E-state index in [0.717, 1.165) is 14.7 Å². The molecule has 0 spiro atoms. The number of nitrogens with zero attached hydrogens (tertiary/aromatic N) is 1. The summed E-state index contributed by atoms with van der Waals surface area (Å²) >= 11 is 13.5. The van der Waals surface area contributed by atoms with Crippen molar-refractivity contribution in [3.8, 4) is 0 Å². The normalized spacial score (nSPS) is 10.6. The standard InChI is InChI=1S/C10H8N2O2S4/c13-9-4-8(11-10(14)12(9)17)18-7-2-5(15)1-6(16)3-7/h1-4,15-17H,(H,11,14). The fourth-order valence-electron chi connectivity index (χ4n) is 1.28. The largest absolute Gasteiger partial charge is 0.339 e. The van der Waals surface area contributed by atoms with E-state index in [1.807, 2.05) is 12.1 Å². The van der Waals surface area contributed by atoms with Gasteiger partial charge in [0.05, 0.1) is 5.03 Å². The Morgan fingerprint density at radius 2 is 1.67 bits per heavy atom. The first-order valence-electron chi connectivity index (χ1n) is 4.72. The summed E-state index contributed by atoms with van der Waals surface area (Å²) in [7, 11) is 0. The van der Waals surface area contributed by atoms with Gasteiger partial charge < -0.3 is 4.98 Å². The van der Waals surface area contributed by atoms with Gasteiger partial charge in [-0.1, -0.05) is 24.6 Å². The van der Waals surface area contributed by atoms with Crippen molar-refractivity contribution >= 4 is 49.8 Å². The van der Waals surface area contributed by atoms with Crippen molar-refractivity contribution in [2.24, 2.45) is 0 Å². The molecule has 0 fully saturated rings. The minimum atomic E-state index is -0.568. The van der Waals surface area contributed by atoms with Crippen LogP contribution in [0.1, 0.15) is 0 Å². The van der Waals surface area contributed by atoms with E-state index in [-0.39, 0.29) is 0 Å². The van der Waals surface area contributed by atoms with E-state index < -0.39 is 11.2 Å². The van der Waals surface area contributed by atoms with Crippen LogP contribution in [0, 0.1) is 0 Å². The molecular formula is C10H8N2O2S4. The fraction of sp³-hybridized carbons (Fsp3) is 0. The fourth-order valence-corrected chi connectivity index (χ4v) is 3.14. The highest BCUT2D eigenvalue weighted by molar-refractivity contribution is 7.99. The van der Waals surface area contributed by atoms with E-state index >= 15 is 0 Å². The zero-order valence-corrected chi connectivity index (χ0v) is 12.3. The SMILES string of the molecule is O=c1cc(Sc2cc(S)cc(S)c2)[nH]c(=O)n1S. The highest BCUT2D eigenvalue weighted by Gasteiger charge is 2.04. The van der Waals surface area contributed by atoms with Crippen LogP contribution in [0.2, 0.25) is 0 Å². The molecule has 8 heteroatoms. The molecule has 1 aromatic carbocycles. The third-order valence-corrected chi connectivity index (χ3v) is 3.80. The molecular weight excluding hydrogens is 308 g/mol. The average molecular weight is 316 g/mol. The number of thiol groups is 3. The van der Waals surface area contributed by atoms with Crippen LogP contribution < -0.4 is 11.2 Å². The Labute approximate surface area is 123 Å². The van der Waals surface area contributed by atoms with Crippen molar-refractivity contribution in [1.82, 2.24) is 8.96 Å². The molecule has 2 aromatic rings. The number of rotatable bonds is 2. The molecule has 94 valence electrons. The van der Waals surface area contributed by atoms with Crippen molar-refractivity contribution < 1.29 is 0 Å². The summed E-state index contributed by atoms with van der Waals surface area (Å²) in [6.07, 6.45) is 0. The van der Waals surface area contributed by atoms with Gasteiger partial charge in [0.1, 0.15) is 0 Å². The predicted molar refractivity (Wildman–Crippen MR) is 80.8 cm³/mol. The topological polar surface area (TPSA) is 54.9 Å². The molecule has 0 unspecified atom stereocenters. The smallest absolute Gasteiger partial charge is 0.301 e. The summed E-state index contributed by atoms with van der Waals surface area (Å²) in [4.78, 5) is 27.7. The second kappa shape index (κ2) is 5.52. The summed E-state index contributed by atoms with van der Waals surface area (Å²) in [5.41, 5.74) is -1.04. The van der Waals surface area contributed by atoms with Gasteiger partial charge in [-0.15, -0.1) is 25.3 Å². The van der Waals surface area contributed by atoms with Gasteiger partial charge in [-0.3, -0.25) is 4.79 Å². The average Bonchev–Trinajstić information content (AvgIpc) is 2.24. The van der Waals surface area contributed by atoms with Crippen molar-refractivity contribution in [2.75, 3.05) is 0 Å². The zero-order valence-electron chi connectivity index (χ0n) is 8.82. The quantitative estimate of drug-likeness (QED) is 0.506. The molecule has 18 heavy (non-hydrogen) atoms. The molecule has 0 aliphatic rings. The van der Waals surface area contributed by atoms with Crippen LogP contribution in [0.15, 0.2) is 53.6 Å². The second-order valence-electron chi connectivity index (χ2n) is 3.38. The van der Waals surface area contributed by atoms with E-state index in [4.69, 9.17) is 0 Å². The summed E-state index contributed by atoms with van der Waals surface area (Å²) in [6.45, 7) is 0. The Morgan fingerprint density at radius 1 is 1.06 bits per heavy atom.